The van der Waals surface area contributed by atoms with Crippen LogP contribution in [-0.2, 0) is 6.42 Å². The highest BCUT2D eigenvalue weighted by atomic mass is 32.1. The number of nitrogens with zero attached hydrogens (tertiary/aromatic N) is 5. The molecule has 0 spiro atoms. The summed E-state index contributed by atoms with van der Waals surface area (Å²) in [5, 5.41) is 15.4. The molecule has 0 aliphatic carbocycles. The van der Waals surface area contributed by atoms with Crippen LogP contribution >= 0.6 is 11.3 Å². The molecule has 0 fully saturated rings. The van der Waals surface area contributed by atoms with Gasteiger partial charge < -0.3 is 5.32 Å². The van der Waals surface area contributed by atoms with Gasteiger partial charge >= 0.3 is 0 Å². The third-order valence-electron chi connectivity index (χ3n) is 3.41. The predicted octanol–water partition coefficient (Wildman–Crippen LogP) is 2.95. The first kappa shape index (κ1) is 16.0. The molecule has 0 bridgehead atoms. The van der Waals surface area contributed by atoms with Gasteiger partial charge in [-0.15, -0.1) is 11.3 Å². The van der Waals surface area contributed by atoms with E-state index in [2.05, 4.69) is 31.3 Å². The van der Waals surface area contributed by atoms with Crippen molar-refractivity contribution < 1.29 is 0 Å². The van der Waals surface area contributed by atoms with Gasteiger partial charge in [0.2, 0.25) is 5.95 Å². The maximum atomic E-state index is 9.49. The lowest BCUT2D eigenvalue weighted by molar-refractivity contribution is 0.909. The van der Waals surface area contributed by atoms with E-state index in [1.165, 1.54) is 11.3 Å². The van der Waals surface area contributed by atoms with E-state index in [9.17, 15) is 5.26 Å². The Morgan fingerprint density at radius 2 is 2.21 bits per heavy atom. The van der Waals surface area contributed by atoms with Gasteiger partial charge in [-0.25, -0.2) is 15.0 Å². The van der Waals surface area contributed by atoms with Crippen LogP contribution in [-0.4, -0.2) is 26.5 Å². The van der Waals surface area contributed by atoms with Crippen molar-refractivity contribution in [3.63, 3.8) is 0 Å². The normalized spacial score (nSPS) is 11.7. The van der Waals surface area contributed by atoms with Crippen molar-refractivity contribution in [2.45, 2.75) is 19.3 Å². The van der Waals surface area contributed by atoms with E-state index < -0.39 is 5.92 Å². The van der Waals surface area contributed by atoms with Gasteiger partial charge in [0.05, 0.1) is 11.8 Å². The SMILES string of the molecule is Cc1csc(C(C#N)c2ccnc(NCCc3cccnc3)n2)n1. The minimum atomic E-state index is -0.467. The van der Waals surface area contributed by atoms with Crippen LogP contribution in [0.5, 0.6) is 0 Å². The third kappa shape index (κ3) is 3.91. The summed E-state index contributed by atoms with van der Waals surface area (Å²) in [5.41, 5.74) is 2.72. The van der Waals surface area contributed by atoms with Crippen LogP contribution in [0.25, 0.3) is 0 Å². The second-order valence-corrected chi connectivity index (χ2v) is 6.12. The minimum absolute atomic E-state index is 0.467. The van der Waals surface area contributed by atoms with Crippen molar-refractivity contribution in [2.75, 3.05) is 11.9 Å². The molecule has 3 aromatic heterocycles. The number of nitrogens with one attached hydrogen (secondary N) is 1. The molecule has 24 heavy (non-hydrogen) atoms. The van der Waals surface area contributed by atoms with Gasteiger partial charge in [0.15, 0.2) is 0 Å². The second kappa shape index (κ2) is 7.62. The quantitative estimate of drug-likeness (QED) is 0.744. The number of anilines is 1. The standard InChI is InChI=1S/C17H16N6S/c1-12-11-24-16(22-12)14(9-18)15-5-8-21-17(23-15)20-7-4-13-3-2-6-19-10-13/h2-3,5-6,8,10-11,14H,4,7H2,1H3,(H,20,21,23). The van der Waals surface area contributed by atoms with E-state index in [-0.39, 0.29) is 0 Å². The molecule has 0 radical (unpaired) electrons. The van der Waals surface area contributed by atoms with Crippen LogP contribution < -0.4 is 5.32 Å². The molecule has 0 amide bonds. The molecule has 6 nitrogen and oxygen atoms in total. The zero-order valence-corrected chi connectivity index (χ0v) is 14.0. The van der Waals surface area contributed by atoms with Crippen LogP contribution in [0.2, 0.25) is 0 Å². The molecule has 1 atom stereocenters. The number of hydrogen-bond donors (Lipinski definition) is 1. The molecule has 3 rings (SSSR count). The largest absolute Gasteiger partial charge is 0.354 e. The Kier molecular flexibility index (Phi) is 5.08. The first-order valence-corrected chi connectivity index (χ1v) is 8.41. The number of rotatable bonds is 6. The summed E-state index contributed by atoms with van der Waals surface area (Å²) >= 11 is 1.48. The summed E-state index contributed by atoms with van der Waals surface area (Å²) in [6.07, 6.45) is 6.09. The topological polar surface area (TPSA) is 87.4 Å². The first-order valence-electron chi connectivity index (χ1n) is 7.53. The monoisotopic (exact) mass is 336 g/mol. The Hall–Kier alpha value is -2.85. The van der Waals surface area contributed by atoms with Crippen LogP contribution in [0.15, 0.2) is 42.2 Å². The fourth-order valence-electron chi connectivity index (χ4n) is 2.24. The van der Waals surface area contributed by atoms with Crippen LogP contribution in [0.4, 0.5) is 5.95 Å². The third-order valence-corrected chi connectivity index (χ3v) is 4.43. The summed E-state index contributed by atoms with van der Waals surface area (Å²) in [4.78, 5) is 17.2. The molecule has 120 valence electrons. The molecule has 7 heteroatoms. The molecule has 0 aromatic carbocycles. The summed E-state index contributed by atoms with van der Waals surface area (Å²) < 4.78 is 0. The van der Waals surface area contributed by atoms with Gasteiger partial charge in [-0.1, -0.05) is 6.07 Å². The smallest absolute Gasteiger partial charge is 0.222 e. The van der Waals surface area contributed by atoms with Gasteiger partial charge in [0.25, 0.3) is 0 Å². The summed E-state index contributed by atoms with van der Waals surface area (Å²) in [5.74, 6) is 0.0514. The summed E-state index contributed by atoms with van der Waals surface area (Å²) in [6.45, 7) is 2.61. The van der Waals surface area contributed by atoms with Crippen molar-refractivity contribution in [1.82, 2.24) is 19.9 Å². The number of thiazole rings is 1. The number of nitriles is 1. The average Bonchev–Trinajstić information content (AvgIpc) is 3.03. The van der Waals surface area contributed by atoms with E-state index >= 15 is 0 Å². The minimum Gasteiger partial charge on any atom is -0.354 e. The van der Waals surface area contributed by atoms with Gasteiger partial charge in [0.1, 0.15) is 10.9 Å². The molecular weight excluding hydrogens is 320 g/mol. The molecule has 1 unspecified atom stereocenters. The first-order chi connectivity index (χ1) is 11.8. The maximum Gasteiger partial charge on any atom is 0.222 e. The van der Waals surface area contributed by atoms with Crippen LogP contribution in [0.3, 0.4) is 0 Å². The Morgan fingerprint density at radius 3 is 2.92 bits per heavy atom. The van der Waals surface area contributed by atoms with Crippen molar-refractivity contribution in [2.24, 2.45) is 0 Å². The highest BCUT2D eigenvalue weighted by molar-refractivity contribution is 7.09. The molecule has 0 saturated carbocycles. The van der Waals surface area contributed by atoms with Crippen molar-refractivity contribution in [3.05, 3.63) is 64.1 Å². The lowest BCUT2D eigenvalue weighted by Gasteiger charge is -2.08. The average molecular weight is 336 g/mol. The Balaban J connectivity index is 1.68. The van der Waals surface area contributed by atoms with E-state index in [0.717, 1.165) is 22.7 Å². The number of pyridine rings is 1. The van der Waals surface area contributed by atoms with E-state index in [1.807, 2.05) is 30.6 Å². The lowest BCUT2D eigenvalue weighted by atomic mass is 10.1. The number of aryl methyl sites for hydroxylation is 1. The Labute approximate surface area is 144 Å². The summed E-state index contributed by atoms with van der Waals surface area (Å²) in [6, 6.07) is 7.99. The second-order valence-electron chi connectivity index (χ2n) is 5.23. The zero-order chi connectivity index (χ0) is 16.8. The maximum absolute atomic E-state index is 9.49. The Morgan fingerprint density at radius 1 is 1.29 bits per heavy atom. The van der Waals surface area contributed by atoms with Crippen molar-refractivity contribution in [1.29, 1.82) is 5.26 Å². The highest BCUT2D eigenvalue weighted by Crippen LogP contribution is 2.25. The fourth-order valence-corrected chi connectivity index (χ4v) is 3.09. The van der Waals surface area contributed by atoms with Crippen molar-refractivity contribution >= 4 is 17.3 Å². The van der Waals surface area contributed by atoms with Crippen LogP contribution in [0.1, 0.15) is 27.9 Å². The molecule has 3 heterocycles. The molecule has 3 aromatic rings. The van der Waals surface area contributed by atoms with Crippen molar-refractivity contribution in [3.8, 4) is 6.07 Å². The molecule has 0 saturated heterocycles. The molecule has 0 aliphatic rings. The predicted molar refractivity (Wildman–Crippen MR) is 92.8 cm³/mol. The highest BCUT2D eigenvalue weighted by Gasteiger charge is 2.19. The molecule has 1 N–H and O–H groups in total. The van der Waals surface area contributed by atoms with Gasteiger partial charge in [-0.3, -0.25) is 4.98 Å². The molecular formula is C17H16N6S. The number of hydrogen-bond acceptors (Lipinski definition) is 7. The van der Waals surface area contributed by atoms with E-state index in [4.69, 9.17) is 0 Å². The molecule has 0 aliphatic heterocycles. The van der Waals surface area contributed by atoms with E-state index in [1.54, 1.807) is 18.5 Å². The van der Waals surface area contributed by atoms with Gasteiger partial charge in [-0.05, 0) is 31.0 Å². The summed E-state index contributed by atoms with van der Waals surface area (Å²) in [7, 11) is 0. The fraction of sp³-hybridized carbons (Fsp3) is 0.235. The van der Waals surface area contributed by atoms with Crippen LogP contribution in [0, 0.1) is 18.3 Å². The number of aromatic nitrogens is 4. The Bertz CT molecular complexity index is 840. The van der Waals surface area contributed by atoms with Gasteiger partial charge in [-0.2, -0.15) is 5.26 Å². The zero-order valence-electron chi connectivity index (χ0n) is 13.2. The van der Waals surface area contributed by atoms with Gasteiger partial charge in [0, 0.05) is 36.2 Å². The lowest BCUT2D eigenvalue weighted by Crippen LogP contribution is -2.10. The van der Waals surface area contributed by atoms with E-state index in [0.29, 0.717) is 18.2 Å².